The highest BCUT2D eigenvalue weighted by Crippen LogP contribution is 2.28. The van der Waals surface area contributed by atoms with Crippen LogP contribution < -0.4 is 10.6 Å². The van der Waals surface area contributed by atoms with Gasteiger partial charge in [-0.3, -0.25) is 4.99 Å². The third-order valence-corrected chi connectivity index (χ3v) is 5.55. The van der Waals surface area contributed by atoms with Gasteiger partial charge in [-0.1, -0.05) is 18.7 Å². The van der Waals surface area contributed by atoms with Gasteiger partial charge in [0.25, 0.3) is 0 Å². The minimum absolute atomic E-state index is 0.0845. The van der Waals surface area contributed by atoms with Crippen molar-refractivity contribution in [2.75, 3.05) is 25.5 Å². The zero-order chi connectivity index (χ0) is 19.7. The standard InChI is InChI=1S/C22H26FN5/c1-14-8-19(12-25-14)16-4-5-17-11-26-22(10-18(17)9-16)27-15(2)28-7-6-21(24-3)20(23)13-28/h4-5,9-12,20-21,24H,2,6-8,13H2,1,3H3,(H,26,27). The van der Waals surface area contributed by atoms with Crippen molar-refractivity contribution in [1.29, 1.82) is 0 Å². The first-order valence-corrected chi connectivity index (χ1v) is 9.68. The van der Waals surface area contributed by atoms with Gasteiger partial charge in [-0.05, 0) is 49.0 Å². The Hall–Kier alpha value is -2.73. The van der Waals surface area contributed by atoms with Crippen LogP contribution in [-0.4, -0.2) is 47.9 Å². The Balaban J connectivity index is 1.49. The summed E-state index contributed by atoms with van der Waals surface area (Å²) in [6.07, 6.45) is 4.54. The molecule has 2 N–H and O–H groups in total. The van der Waals surface area contributed by atoms with E-state index in [9.17, 15) is 4.39 Å². The molecule has 0 spiro atoms. The number of hydrogen-bond donors (Lipinski definition) is 2. The van der Waals surface area contributed by atoms with Gasteiger partial charge >= 0.3 is 0 Å². The van der Waals surface area contributed by atoms with E-state index in [1.165, 1.54) is 11.1 Å². The van der Waals surface area contributed by atoms with Gasteiger partial charge in [0, 0.05) is 42.5 Å². The molecule has 1 aromatic carbocycles. The molecule has 2 aliphatic rings. The number of fused-ring (bicyclic) bond motifs is 1. The summed E-state index contributed by atoms with van der Waals surface area (Å²) in [5, 5.41) is 8.47. The molecule has 2 unspecified atom stereocenters. The predicted octanol–water partition coefficient (Wildman–Crippen LogP) is 3.96. The highest BCUT2D eigenvalue weighted by Gasteiger charge is 2.28. The summed E-state index contributed by atoms with van der Waals surface area (Å²) in [6.45, 7) is 7.24. The molecule has 0 amide bonds. The number of aliphatic imine (C=N–C) groups is 1. The van der Waals surface area contributed by atoms with Gasteiger partial charge in [0.05, 0.1) is 12.4 Å². The van der Waals surface area contributed by atoms with Crippen molar-refractivity contribution < 1.29 is 4.39 Å². The number of nitrogens with zero attached hydrogens (tertiary/aromatic N) is 3. The summed E-state index contributed by atoms with van der Waals surface area (Å²) in [4.78, 5) is 10.8. The molecule has 0 saturated carbocycles. The van der Waals surface area contributed by atoms with Gasteiger partial charge in [-0.2, -0.15) is 0 Å². The molecule has 146 valence electrons. The van der Waals surface area contributed by atoms with E-state index < -0.39 is 6.17 Å². The van der Waals surface area contributed by atoms with Crippen LogP contribution in [0, 0.1) is 0 Å². The lowest BCUT2D eigenvalue weighted by molar-refractivity contribution is 0.133. The average molecular weight is 379 g/mol. The van der Waals surface area contributed by atoms with E-state index in [2.05, 4.69) is 45.4 Å². The summed E-state index contributed by atoms with van der Waals surface area (Å²) >= 11 is 0. The van der Waals surface area contributed by atoms with Gasteiger partial charge in [-0.25, -0.2) is 9.37 Å². The minimum atomic E-state index is -0.908. The summed E-state index contributed by atoms with van der Waals surface area (Å²) in [5.41, 5.74) is 3.55. The number of anilines is 1. The fourth-order valence-corrected chi connectivity index (χ4v) is 3.84. The van der Waals surface area contributed by atoms with Gasteiger partial charge < -0.3 is 15.5 Å². The first-order chi connectivity index (χ1) is 13.5. The van der Waals surface area contributed by atoms with Gasteiger partial charge in [0.1, 0.15) is 12.0 Å². The van der Waals surface area contributed by atoms with Crippen LogP contribution in [0.5, 0.6) is 0 Å². The van der Waals surface area contributed by atoms with Crippen molar-refractivity contribution in [3.05, 3.63) is 54.6 Å². The third-order valence-electron chi connectivity index (χ3n) is 5.55. The van der Waals surface area contributed by atoms with Crippen LogP contribution >= 0.6 is 0 Å². The Morgan fingerprint density at radius 2 is 2.14 bits per heavy atom. The minimum Gasteiger partial charge on any atom is -0.356 e. The fourth-order valence-electron chi connectivity index (χ4n) is 3.84. The number of likely N-dealkylation sites (tertiary alicyclic amines) is 1. The zero-order valence-corrected chi connectivity index (χ0v) is 16.4. The number of piperidine rings is 1. The molecule has 1 fully saturated rings. The second kappa shape index (κ2) is 7.72. The number of nitrogens with one attached hydrogen (secondary N) is 2. The Bertz CT molecular complexity index is 965. The summed E-state index contributed by atoms with van der Waals surface area (Å²) in [6, 6.07) is 8.30. The van der Waals surface area contributed by atoms with Crippen LogP contribution in [0.15, 0.2) is 54.1 Å². The van der Waals surface area contributed by atoms with Crippen molar-refractivity contribution in [3.63, 3.8) is 0 Å². The lowest BCUT2D eigenvalue weighted by Gasteiger charge is -2.36. The summed E-state index contributed by atoms with van der Waals surface area (Å²) < 4.78 is 14.2. The van der Waals surface area contributed by atoms with Gasteiger partial charge in [-0.15, -0.1) is 0 Å². The number of aromatic nitrogens is 1. The number of benzene rings is 1. The van der Waals surface area contributed by atoms with Crippen LogP contribution in [0.2, 0.25) is 0 Å². The second-order valence-electron chi connectivity index (χ2n) is 7.54. The maximum atomic E-state index is 14.2. The Morgan fingerprint density at radius 3 is 2.86 bits per heavy atom. The average Bonchev–Trinajstić information content (AvgIpc) is 3.13. The number of alkyl halides is 1. The van der Waals surface area contributed by atoms with E-state index in [0.29, 0.717) is 18.2 Å². The smallest absolute Gasteiger partial charge is 0.133 e. The van der Waals surface area contributed by atoms with Crippen LogP contribution in [0.3, 0.4) is 0 Å². The molecule has 0 bridgehead atoms. The second-order valence-corrected chi connectivity index (χ2v) is 7.54. The topological polar surface area (TPSA) is 52.6 Å². The molecular formula is C22H26FN5. The molecule has 28 heavy (non-hydrogen) atoms. The Kier molecular flexibility index (Phi) is 5.13. The highest BCUT2D eigenvalue weighted by molar-refractivity contribution is 5.98. The van der Waals surface area contributed by atoms with E-state index in [0.717, 1.165) is 35.9 Å². The predicted molar refractivity (Wildman–Crippen MR) is 114 cm³/mol. The SMILES string of the molecule is C=C(Nc1cc2cc(C3=CN=C(C)C3)ccc2cn1)N1CCC(NC)C(F)C1. The van der Waals surface area contributed by atoms with Crippen molar-refractivity contribution in [3.8, 4) is 0 Å². The molecule has 2 atom stereocenters. The lowest BCUT2D eigenvalue weighted by Crippen LogP contribution is -2.50. The van der Waals surface area contributed by atoms with E-state index in [1.807, 2.05) is 37.3 Å². The molecule has 1 aromatic heterocycles. The van der Waals surface area contributed by atoms with Crippen molar-refractivity contribution in [1.82, 2.24) is 15.2 Å². The van der Waals surface area contributed by atoms with E-state index >= 15 is 0 Å². The number of allylic oxidation sites excluding steroid dienone is 1. The molecule has 1 saturated heterocycles. The molecular weight excluding hydrogens is 353 g/mol. The molecule has 5 nitrogen and oxygen atoms in total. The number of rotatable bonds is 5. The van der Waals surface area contributed by atoms with Crippen LogP contribution in [0.4, 0.5) is 10.2 Å². The third kappa shape index (κ3) is 3.78. The maximum Gasteiger partial charge on any atom is 0.133 e. The van der Waals surface area contributed by atoms with Crippen molar-refractivity contribution in [2.45, 2.75) is 32.0 Å². The summed E-state index contributed by atoms with van der Waals surface area (Å²) in [7, 11) is 1.81. The van der Waals surface area contributed by atoms with E-state index in [-0.39, 0.29) is 6.04 Å². The van der Waals surface area contributed by atoms with E-state index in [1.54, 1.807) is 0 Å². The number of hydrogen-bond acceptors (Lipinski definition) is 5. The molecule has 4 rings (SSSR count). The van der Waals surface area contributed by atoms with Gasteiger partial charge in [0.2, 0.25) is 0 Å². The quantitative estimate of drug-likeness (QED) is 0.826. The van der Waals surface area contributed by atoms with Crippen LogP contribution in [0.25, 0.3) is 16.3 Å². The van der Waals surface area contributed by atoms with Crippen LogP contribution in [0.1, 0.15) is 25.3 Å². The zero-order valence-electron chi connectivity index (χ0n) is 16.4. The monoisotopic (exact) mass is 379 g/mol. The Morgan fingerprint density at radius 1 is 1.29 bits per heavy atom. The molecule has 2 aromatic rings. The van der Waals surface area contributed by atoms with Gasteiger partial charge in [0.15, 0.2) is 0 Å². The van der Waals surface area contributed by atoms with Crippen molar-refractivity contribution >= 4 is 27.9 Å². The molecule has 0 radical (unpaired) electrons. The molecule has 3 heterocycles. The first-order valence-electron chi connectivity index (χ1n) is 9.68. The number of pyridine rings is 1. The molecule has 0 aliphatic carbocycles. The largest absolute Gasteiger partial charge is 0.356 e. The molecule has 6 heteroatoms. The first kappa shape index (κ1) is 18.6. The normalized spacial score (nSPS) is 22.2. The number of halogens is 1. The lowest BCUT2D eigenvalue weighted by atomic mass is 10.0. The van der Waals surface area contributed by atoms with Crippen molar-refractivity contribution in [2.24, 2.45) is 4.99 Å². The molecule has 2 aliphatic heterocycles. The Labute approximate surface area is 165 Å². The fraction of sp³-hybridized carbons (Fsp3) is 0.364. The maximum absolute atomic E-state index is 14.2. The van der Waals surface area contributed by atoms with E-state index in [4.69, 9.17) is 0 Å². The highest BCUT2D eigenvalue weighted by atomic mass is 19.1. The van der Waals surface area contributed by atoms with Crippen LogP contribution in [-0.2, 0) is 0 Å². The summed E-state index contributed by atoms with van der Waals surface area (Å²) in [5.74, 6) is 1.40.